The van der Waals surface area contributed by atoms with E-state index >= 15 is 0 Å². The van der Waals surface area contributed by atoms with Crippen molar-refractivity contribution in [3.05, 3.63) is 46.0 Å². The maximum absolute atomic E-state index is 11.1. The van der Waals surface area contributed by atoms with Crippen molar-refractivity contribution in [1.82, 2.24) is 0 Å². The molecule has 0 spiro atoms. The van der Waals surface area contributed by atoms with Crippen molar-refractivity contribution in [1.29, 1.82) is 0 Å². The Morgan fingerprint density at radius 3 is 2.42 bits per heavy atom. The van der Waals surface area contributed by atoms with Gasteiger partial charge < -0.3 is 4.79 Å². The number of rotatable bonds is 5. The summed E-state index contributed by atoms with van der Waals surface area (Å²) in [5, 5.41) is 10.7. The number of hydrogen-bond donors (Lipinski definition) is 0. The molecule has 1 aromatic rings. The third kappa shape index (κ3) is 4.92. The first-order chi connectivity index (χ1) is 9.04. The normalized spacial score (nSPS) is 13.2. The van der Waals surface area contributed by atoms with Crippen LogP contribution in [0.5, 0.6) is 0 Å². The van der Waals surface area contributed by atoms with Gasteiger partial charge in [-0.25, -0.2) is 0 Å². The Bertz CT molecular complexity index is 485. The number of nitrogens with zero attached hydrogens (tertiary/aromatic N) is 1. The minimum absolute atomic E-state index is 0.0347. The molecule has 4 nitrogen and oxygen atoms in total. The lowest BCUT2D eigenvalue weighted by Crippen LogP contribution is -2.26. The molecule has 2 atom stereocenters. The van der Waals surface area contributed by atoms with Gasteiger partial charge in [-0.2, -0.15) is 0 Å². The lowest BCUT2D eigenvalue weighted by Gasteiger charge is -2.17. The smallest absolute Gasteiger partial charge is 0.218 e. The van der Waals surface area contributed by atoms with Gasteiger partial charge in [0.15, 0.2) is 0 Å². The minimum atomic E-state index is -0.548. The number of benzene rings is 1. The second-order valence-electron chi connectivity index (χ2n) is 4.71. The number of aldehydes is 1. The van der Waals surface area contributed by atoms with Crippen LogP contribution in [0.15, 0.2) is 30.3 Å². The molecule has 0 aliphatic carbocycles. The molecule has 0 aliphatic heterocycles. The fourth-order valence-corrected chi connectivity index (χ4v) is 1.84. The van der Waals surface area contributed by atoms with E-state index in [0.29, 0.717) is 0 Å². The lowest BCUT2D eigenvalue weighted by molar-refractivity contribution is -0.486. The number of nitro groups is 1. The molecule has 100 valence electrons. The highest BCUT2D eigenvalue weighted by molar-refractivity contribution is 5.55. The molecule has 0 saturated heterocycles. The van der Waals surface area contributed by atoms with Crippen LogP contribution in [-0.2, 0) is 4.79 Å². The van der Waals surface area contributed by atoms with Gasteiger partial charge in [0.05, 0.1) is 5.92 Å². The summed E-state index contributed by atoms with van der Waals surface area (Å²) >= 11 is 0. The van der Waals surface area contributed by atoms with Crippen LogP contribution in [-0.4, -0.2) is 17.8 Å². The summed E-state index contributed by atoms with van der Waals surface area (Å²) in [5.74, 6) is 4.85. The Labute approximate surface area is 113 Å². The predicted octanol–water partition coefficient (Wildman–Crippen LogP) is 2.40. The predicted molar refractivity (Wildman–Crippen MR) is 73.1 cm³/mol. The second-order valence-corrected chi connectivity index (χ2v) is 4.71. The number of carbonyl (C=O) groups excluding carboxylic acids is 1. The Balaban J connectivity index is 2.95. The molecule has 0 fully saturated rings. The van der Waals surface area contributed by atoms with Crippen molar-refractivity contribution in [2.75, 3.05) is 6.54 Å². The van der Waals surface area contributed by atoms with E-state index in [0.717, 1.165) is 11.8 Å². The van der Waals surface area contributed by atoms with Gasteiger partial charge in [0.25, 0.3) is 0 Å². The SMILES string of the molecule is CC(C)[C@@H](C=O)[C@@H](C#Cc1ccccc1)C[N+](=O)[O-]. The molecule has 4 heteroatoms. The average Bonchev–Trinajstić information content (AvgIpc) is 2.36. The van der Waals surface area contributed by atoms with Crippen LogP contribution in [0.4, 0.5) is 0 Å². The average molecular weight is 259 g/mol. The van der Waals surface area contributed by atoms with E-state index in [4.69, 9.17) is 0 Å². The fourth-order valence-electron chi connectivity index (χ4n) is 1.84. The zero-order valence-corrected chi connectivity index (χ0v) is 11.1. The zero-order valence-electron chi connectivity index (χ0n) is 11.1. The molecule has 0 heterocycles. The molecule has 0 aliphatic rings. The summed E-state index contributed by atoms with van der Waals surface area (Å²) in [6.07, 6.45) is 0.776. The Morgan fingerprint density at radius 2 is 1.95 bits per heavy atom. The van der Waals surface area contributed by atoms with Crippen molar-refractivity contribution in [3.63, 3.8) is 0 Å². The summed E-state index contributed by atoms with van der Waals surface area (Å²) in [6.45, 7) is 3.44. The van der Waals surface area contributed by atoms with Crippen LogP contribution in [0.25, 0.3) is 0 Å². The van der Waals surface area contributed by atoms with Crippen LogP contribution in [0, 0.1) is 39.7 Å². The van der Waals surface area contributed by atoms with Gasteiger partial charge in [0.1, 0.15) is 6.29 Å². The molecular formula is C15H17NO3. The van der Waals surface area contributed by atoms with Gasteiger partial charge in [0, 0.05) is 16.4 Å². The molecule has 0 aromatic heterocycles. The Kier molecular flexibility index (Phi) is 5.74. The molecular weight excluding hydrogens is 242 g/mol. The summed E-state index contributed by atoms with van der Waals surface area (Å²) < 4.78 is 0. The van der Waals surface area contributed by atoms with Crippen LogP contribution < -0.4 is 0 Å². The Hall–Kier alpha value is -2.15. The highest BCUT2D eigenvalue weighted by Gasteiger charge is 2.26. The zero-order chi connectivity index (χ0) is 14.3. The summed E-state index contributed by atoms with van der Waals surface area (Å²) in [7, 11) is 0. The highest BCUT2D eigenvalue weighted by atomic mass is 16.6. The highest BCUT2D eigenvalue weighted by Crippen LogP contribution is 2.19. The fraction of sp³-hybridized carbons (Fsp3) is 0.400. The van der Waals surface area contributed by atoms with Crippen molar-refractivity contribution in [3.8, 4) is 11.8 Å². The van der Waals surface area contributed by atoms with Gasteiger partial charge in [0.2, 0.25) is 6.54 Å². The van der Waals surface area contributed by atoms with Crippen LogP contribution in [0.3, 0.4) is 0 Å². The van der Waals surface area contributed by atoms with Gasteiger partial charge in [-0.15, -0.1) is 0 Å². The lowest BCUT2D eigenvalue weighted by atomic mass is 9.84. The first-order valence-corrected chi connectivity index (χ1v) is 6.18. The Morgan fingerprint density at radius 1 is 1.32 bits per heavy atom. The van der Waals surface area contributed by atoms with E-state index in [1.807, 2.05) is 44.2 Å². The standard InChI is InChI=1S/C15H17NO3/c1-12(2)15(11-17)14(10-16(18)19)9-8-13-6-4-3-5-7-13/h3-7,11-12,14-15H,10H2,1-2H3/t14-,15+/m0/s1. The van der Waals surface area contributed by atoms with Crippen LogP contribution >= 0.6 is 0 Å². The first kappa shape index (κ1) is 14.9. The molecule has 1 aromatic carbocycles. The molecule has 0 bridgehead atoms. The van der Waals surface area contributed by atoms with E-state index in [9.17, 15) is 14.9 Å². The number of carbonyl (C=O) groups is 1. The number of hydrogen-bond acceptors (Lipinski definition) is 3. The van der Waals surface area contributed by atoms with E-state index in [1.54, 1.807) is 0 Å². The largest absolute Gasteiger partial charge is 0.303 e. The third-order valence-corrected chi connectivity index (χ3v) is 2.91. The first-order valence-electron chi connectivity index (χ1n) is 6.18. The maximum atomic E-state index is 11.1. The van der Waals surface area contributed by atoms with E-state index in [2.05, 4.69) is 11.8 Å². The van der Waals surface area contributed by atoms with Crippen molar-refractivity contribution in [2.45, 2.75) is 13.8 Å². The summed E-state index contributed by atoms with van der Waals surface area (Å²) in [6, 6.07) is 9.25. The quantitative estimate of drug-likeness (QED) is 0.353. The molecule has 0 amide bonds. The molecule has 19 heavy (non-hydrogen) atoms. The third-order valence-electron chi connectivity index (χ3n) is 2.91. The topological polar surface area (TPSA) is 60.2 Å². The van der Waals surface area contributed by atoms with Gasteiger partial charge in [-0.1, -0.05) is 43.9 Å². The molecule has 0 radical (unpaired) electrons. The van der Waals surface area contributed by atoms with Gasteiger partial charge in [-0.05, 0) is 18.1 Å². The van der Waals surface area contributed by atoms with E-state index < -0.39 is 16.8 Å². The monoisotopic (exact) mass is 259 g/mol. The minimum Gasteiger partial charge on any atom is -0.303 e. The van der Waals surface area contributed by atoms with Crippen molar-refractivity contribution < 1.29 is 9.72 Å². The summed E-state index contributed by atoms with van der Waals surface area (Å²) in [5.41, 5.74) is 0.796. The van der Waals surface area contributed by atoms with E-state index in [1.165, 1.54) is 0 Å². The van der Waals surface area contributed by atoms with E-state index in [-0.39, 0.29) is 12.5 Å². The summed E-state index contributed by atoms with van der Waals surface area (Å²) in [4.78, 5) is 21.4. The molecule has 1 rings (SSSR count). The van der Waals surface area contributed by atoms with Crippen LogP contribution in [0.1, 0.15) is 19.4 Å². The molecule has 0 N–H and O–H groups in total. The van der Waals surface area contributed by atoms with Gasteiger partial charge in [-0.3, -0.25) is 10.1 Å². The molecule has 0 saturated carbocycles. The maximum Gasteiger partial charge on any atom is 0.218 e. The van der Waals surface area contributed by atoms with Crippen molar-refractivity contribution in [2.24, 2.45) is 17.8 Å². The van der Waals surface area contributed by atoms with Gasteiger partial charge >= 0.3 is 0 Å². The van der Waals surface area contributed by atoms with Crippen LogP contribution in [0.2, 0.25) is 0 Å². The van der Waals surface area contributed by atoms with Crippen molar-refractivity contribution >= 4 is 6.29 Å². The molecule has 0 unspecified atom stereocenters. The second kappa shape index (κ2) is 7.32.